The zero-order chi connectivity index (χ0) is 13.2. The number of fused-ring (bicyclic) bond motifs is 1. The number of hydrogen-bond donors (Lipinski definition) is 1. The molecule has 0 fully saturated rings. The van der Waals surface area contributed by atoms with Gasteiger partial charge in [0.15, 0.2) is 0 Å². The van der Waals surface area contributed by atoms with Crippen LogP contribution in [0, 0.1) is 0 Å². The maximum atomic E-state index is 4.56. The van der Waals surface area contributed by atoms with Gasteiger partial charge >= 0.3 is 0 Å². The van der Waals surface area contributed by atoms with Crippen molar-refractivity contribution in [3.63, 3.8) is 0 Å². The second kappa shape index (κ2) is 5.17. The molecular weight excluding hydrogens is 234 g/mol. The number of benzene rings is 1. The maximum Gasteiger partial charge on any atom is 0.0952 e. The number of aromatic nitrogens is 2. The van der Waals surface area contributed by atoms with Crippen LogP contribution >= 0.6 is 0 Å². The summed E-state index contributed by atoms with van der Waals surface area (Å²) in [5.41, 5.74) is 5.33. The molecule has 1 aromatic carbocycles. The molecule has 19 heavy (non-hydrogen) atoms. The fourth-order valence-electron chi connectivity index (χ4n) is 2.86. The molecule has 0 spiro atoms. The Balaban J connectivity index is 1.99. The lowest BCUT2D eigenvalue weighted by Gasteiger charge is -2.26. The van der Waals surface area contributed by atoms with Crippen LogP contribution in [0.4, 0.5) is 0 Å². The molecule has 3 nitrogen and oxygen atoms in total. The second-order valence-electron chi connectivity index (χ2n) is 5.09. The van der Waals surface area contributed by atoms with Gasteiger partial charge < -0.3 is 9.88 Å². The van der Waals surface area contributed by atoms with Crippen molar-refractivity contribution in [2.45, 2.75) is 39.3 Å². The highest BCUT2D eigenvalue weighted by Gasteiger charge is 2.25. The first kappa shape index (κ1) is 12.4. The first-order chi connectivity index (χ1) is 9.33. The van der Waals surface area contributed by atoms with Gasteiger partial charge in [0.2, 0.25) is 0 Å². The number of imidazole rings is 1. The third-order valence-corrected chi connectivity index (χ3v) is 4.00. The van der Waals surface area contributed by atoms with E-state index in [0.29, 0.717) is 0 Å². The van der Waals surface area contributed by atoms with Crippen molar-refractivity contribution in [3.8, 4) is 0 Å². The van der Waals surface area contributed by atoms with Crippen LogP contribution in [0.5, 0.6) is 0 Å². The summed E-state index contributed by atoms with van der Waals surface area (Å²) < 4.78 is 2.26. The normalized spacial score (nSPS) is 18.3. The largest absolute Gasteiger partial charge is 0.333 e. The monoisotopic (exact) mass is 255 g/mol. The maximum absolute atomic E-state index is 4.56. The third-order valence-electron chi connectivity index (χ3n) is 4.00. The lowest BCUT2D eigenvalue weighted by molar-refractivity contribution is 0.524. The fourth-order valence-corrected chi connectivity index (χ4v) is 2.86. The molecule has 1 N–H and O–H groups in total. The van der Waals surface area contributed by atoms with Gasteiger partial charge in [0, 0.05) is 19.5 Å². The third kappa shape index (κ3) is 2.19. The second-order valence-corrected chi connectivity index (χ2v) is 5.09. The Labute approximate surface area is 114 Å². The van der Waals surface area contributed by atoms with Gasteiger partial charge in [-0.15, -0.1) is 0 Å². The molecule has 0 saturated heterocycles. The zero-order valence-corrected chi connectivity index (χ0v) is 11.7. The predicted octanol–water partition coefficient (Wildman–Crippen LogP) is 2.70. The van der Waals surface area contributed by atoms with Gasteiger partial charge in [0.05, 0.1) is 23.8 Å². The van der Waals surface area contributed by atoms with Gasteiger partial charge in [-0.1, -0.05) is 31.2 Å². The topological polar surface area (TPSA) is 29.9 Å². The Morgan fingerprint density at radius 3 is 2.74 bits per heavy atom. The summed E-state index contributed by atoms with van der Waals surface area (Å²) in [7, 11) is 0. The average Bonchev–Trinajstić information content (AvgIpc) is 2.90. The van der Waals surface area contributed by atoms with Crippen LogP contribution in [0.2, 0.25) is 0 Å². The van der Waals surface area contributed by atoms with Crippen molar-refractivity contribution in [2.24, 2.45) is 0 Å². The molecule has 1 atom stereocenters. The highest BCUT2D eigenvalue weighted by molar-refractivity contribution is 5.34. The van der Waals surface area contributed by atoms with Crippen molar-refractivity contribution >= 4 is 0 Å². The SMILES string of the molecule is CCc1ccc(C2NCCc3ncn(CC)c32)cc1. The van der Waals surface area contributed by atoms with Crippen molar-refractivity contribution in [3.05, 3.63) is 53.1 Å². The van der Waals surface area contributed by atoms with E-state index in [0.717, 1.165) is 25.9 Å². The molecule has 2 heterocycles. The molecule has 0 saturated carbocycles. The van der Waals surface area contributed by atoms with Crippen molar-refractivity contribution < 1.29 is 0 Å². The summed E-state index contributed by atoms with van der Waals surface area (Å²) in [5.74, 6) is 0. The summed E-state index contributed by atoms with van der Waals surface area (Å²) in [6, 6.07) is 9.25. The Bertz CT molecular complexity index is 540. The molecule has 0 bridgehead atoms. The summed E-state index contributed by atoms with van der Waals surface area (Å²) >= 11 is 0. The van der Waals surface area contributed by atoms with Crippen LogP contribution in [-0.2, 0) is 19.4 Å². The lowest BCUT2D eigenvalue weighted by atomic mass is 9.96. The smallest absolute Gasteiger partial charge is 0.0952 e. The Morgan fingerprint density at radius 2 is 2.05 bits per heavy atom. The fraction of sp³-hybridized carbons (Fsp3) is 0.438. The van der Waals surface area contributed by atoms with Gasteiger partial charge in [0.25, 0.3) is 0 Å². The predicted molar refractivity (Wildman–Crippen MR) is 77.3 cm³/mol. The number of aryl methyl sites for hydroxylation is 2. The van der Waals surface area contributed by atoms with Gasteiger partial charge in [-0.25, -0.2) is 4.98 Å². The van der Waals surface area contributed by atoms with E-state index in [1.807, 2.05) is 6.33 Å². The molecular formula is C16H21N3. The molecule has 1 aliphatic heterocycles. The van der Waals surface area contributed by atoms with Crippen LogP contribution in [0.15, 0.2) is 30.6 Å². The van der Waals surface area contributed by atoms with E-state index in [1.54, 1.807) is 0 Å². The molecule has 1 aromatic heterocycles. The zero-order valence-electron chi connectivity index (χ0n) is 11.7. The van der Waals surface area contributed by atoms with E-state index in [4.69, 9.17) is 0 Å². The summed E-state index contributed by atoms with van der Waals surface area (Å²) in [6.07, 6.45) is 4.10. The highest BCUT2D eigenvalue weighted by Crippen LogP contribution is 2.28. The van der Waals surface area contributed by atoms with Gasteiger partial charge in [-0.3, -0.25) is 0 Å². The van der Waals surface area contributed by atoms with Gasteiger partial charge in [-0.05, 0) is 24.5 Å². The molecule has 0 aliphatic carbocycles. The minimum atomic E-state index is 0.289. The van der Waals surface area contributed by atoms with Crippen LogP contribution in [-0.4, -0.2) is 16.1 Å². The summed E-state index contributed by atoms with van der Waals surface area (Å²) in [6.45, 7) is 6.35. The quantitative estimate of drug-likeness (QED) is 0.914. The molecule has 0 amide bonds. The first-order valence-corrected chi connectivity index (χ1v) is 7.19. The Hall–Kier alpha value is -1.61. The van der Waals surface area contributed by atoms with Crippen LogP contribution in [0.25, 0.3) is 0 Å². The van der Waals surface area contributed by atoms with Crippen LogP contribution in [0.3, 0.4) is 0 Å². The first-order valence-electron chi connectivity index (χ1n) is 7.19. The van der Waals surface area contributed by atoms with Crippen molar-refractivity contribution in [1.82, 2.24) is 14.9 Å². The molecule has 3 rings (SSSR count). The van der Waals surface area contributed by atoms with E-state index >= 15 is 0 Å². The summed E-state index contributed by atoms with van der Waals surface area (Å²) in [5, 5.41) is 3.63. The number of nitrogens with zero attached hydrogens (tertiary/aromatic N) is 2. The van der Waals surface area contributed by atoms with E-state index in [1.165, 1.54) is 22.5 Å². The molecule has 1 unspecified atom stereocenters. The minimum Gasteiger partial charge on any atom is -0.333 e. The molecule has 3 heteroatoms. The molecule has 2 aromatic rings. The Morgan fingerprint density at radius 1 is 1.26 bits per heavy atom. The van der Waals surface area contributed by atoms with E-state index in [-0.39, 0.29) is 6.04 Å². The van der Waals surface area contributed by atoms with E-state index < -0.39 is 0 Å². The molecule has 1 aliphatic rings. The highest BCUT2D eigenvalue weighted by atomic mass is 15.1. The van der Waals surface area contributed by atoms with E-state index in [2.05, 4.69) is 53.0 Å². The number of nitrogens with one attached hydrogen (secondary N) is 1. The van der Waals surface area contributed by atoms with Crippen LogP contribution < -0.4 is 5.32 Å². The van der Waals surface area contributed by atoms with Crippen molar-refractivity contribution in [1.29, 1.82) is 0 Å². The molecule has 0 radical (unpaired) electrons. The summed E-state index contributed by atoms with van der Waals surface area (Å²) in [4.78, 5) is 4.56. The minimum absolute atomic E-state index is 0.289. The van der Waals surface area contributed by atoms with Crippen LogP contribution in [0.1, 0.15) is 42.4 Å². The standard InChI is InChI=1S/C16H21N3/c1-3-12-5-7-13(8-6-12)15-16-14(9-10-17-15)18-11-19(16)4-2/h5-8,11,15,17H,3-4,9-10H2,1-2H3. The molecule has 100 valence electrons. The number of hydrogen-bond acceptors (Lipinski definition) is 2. The average molecular weight is 255 g/mol. The van der Waals surface area contributed by atoms with E-state index in [9.17, 15) is 0 Å². The van der Waals surface area contributed by atoms with Crippen molar-refractivity contribution in [2.75, 3.05) is 6.54 Å². The van der Waals surface area contributed by atoms with Gasteiger partial charge in [0.1, 0.15) is 0 Å². The lowest BCUT2D eigenvalue weighted by Crippen LogP contribution is -2.32. The van der Waals surface area contributed by atoms with Gasteiger partial charge in [-0.2, -0.15) is 0 Å². The number of rotatable bonds is 3. The Kier molecular flexibility index (Phi) is 3.38.